The van der Waals surface area contributed by atoms with Crippen LogP contribution in [0.1, 0.15) is 35.3 Å². The molecular formula is C20H24N4O2. The Kier molecular flexibility index (Phi) is 4.26. The normalized spacial score (nSPS) is 20.5. The molecule has 0 spiro atoms. The number of rotatable bonds is 4. The van der Waals surface area contributed by atoms with E-state index in [1.807, 2.05) is 41.6 Å². The van der Waals surface area contributed by atoms with E-state index in [4.69, 9.17) is 0 Å². The molecule has 0 saturated carbocycles. The van der Waals surface area contributed by atoms with Gasteiger partial charge in [0.1, 0.15) is 0 Å². The summed E-state index contributed by atoms with van der Waals surface area (Å²) in [7, 11) is 0. The van der Waals surface area contributed by atoms with Crippen molar-refractivity contribution in [3.8, 4) is 0 Å². The van der Waals surface area contributed by atoms with E-state index < -0.39 is 0 Å². The second kappa shape index (κ2) is 6.59. The molecule has 136 valence electrons. The van der Waals surface area contributed by atoms with Gasteiger partial charge in [-0.3, -0.25) is 14.3 Å². The van der Waals surface area contributed by atoms with Gasteiger partial charge >= 0.3 is 0 Å². The molecule has 0 aliphatic carbocycles. The van der Waals surface area contributed by atoms with Crippen molar-refractivity contribution in [2.75, 3.05) is 26.2 Å². The summed E-state index contributed by atoms with van der Waals surface area (Å²) in [5.74, 6) is 0.294. The van der Waals surface area contributed by atoms with Gasteiger partial charge in [0, 0.05) is 37.7 Å². The van der Waals surface area contributed by atoms with E-state index in [-0.39, 0.29) is 30.3 Å². The van der Waals surface area contributed by atoms with Crippen molar-refractivity contribution in [2.45, 2.75) is 32.2 Å². The zero-order valence-corrected chi connectivity index (χ0v) is 15.3. The summed E-state index contributed by atoms with van der Waals surface area (Å²) in [6.07, 6.45) is 0.492. The lowest BCUT2D eigenvalue weighted by atomic mass is 9.99. The Hall–Kier alpha value is -2.63. The smallest absolute Gasteiger partial charge is 0.242 e. The average molecular weight is 352 g/mol. The molecular weight excluding hydrogens is 328 g/mol. The van der Waals surface area contributed by atoms with E-state index >= 15 is 0 Å². The van der Waals surface area contributed by atoms with Crippen molar-refractivity contribution >= 4 is 11.8 Å². The molecule has 2 aromatic rings. The molecule has 0 bridgehead atoms. The molecule has 1 aromatic carbocycles. The van der Waals surface area contributed by atoms with Crippen LogP contribution >= 0.6 is 0 Å². The quantitative estimate of drug-likeness (QED) is 0.844. The number of aromatic nitrogens is 2. The number of likely N-dealkylation sites (tertiary alicyclic amines) is 2. The minimum atomic E-state index is 0.0323. The predicted molar refractivity (Wildman–Crippen MR) is 97.7 cm³/mol. The summed E-state index contributed by atoms with van der Waals surface area (Å²) in [6, 6.07) is 12.4. The van der Waals surface area contributed by atoms with Crippen molar-refractivity contribution < 1.29 is 9.59 Å². The minimum Gasteiger partial charge on any atom is -0.337 e. The Morgan fingerprint density at radius 3 is 2.54 bits per heavy atom. The molecule has 2 saturated heterocycles. The molecule has 2 amide bonds. The lowest BCUT2D eigenvalue weighted by Crippen LogP contribution is -2.54. The number of hydrogen-bond acceptors (Lipinski definition) is 3. The highest BCUT2D eigenvalue weighted by Gasteiger charge is 2.37. The summed E-state index contributed by atoms with van der Waals surface area (Å²) in [4.78, 5) is 28.4. The van der Waals surface area contributed by atoms with Crippen LogP contribution in [0.3, 0.4) is 0 Å². The SMILES string of the molecule is Cc1cc(C)n(C2CN(C(=O)CN3CC(c4ccccc4)CC3=O)C2)n1. The maximum absolute atomic E-state index is 12.5. The number of benzene rings is 1. The Labute approximate surface area is 153 Å². The lowest BCUT2D eigenvalue weighted by Gasteiger charge is -2.40. The van der Waals surface area contributed by atoms with Crippen molar-refractivity contribution in [2.24, 2.45) is 0 Å². The van der Waals surface area contributed by atoms with Gasteiger partial charge in [0.05, 0.1) is 18.3 Å². The topological polar surface area (TPSA) is 58.4 Å². The molecule has 6 nitrogen and oxygen atoms in total. The standard InChI is InChI=1S/C20H24N4O2/c1-14-8-15(2)24(21-14)18-11-23(12-18)20(26)13-22-10-17(9-19(22)25)16-6-4-3-5-7-16/h3-8,17-18H,9-13H2,1-2H3. The number of carbonyl (C=O) groups excluding carboxylic acids is 2. The number of amides is 2. The third-order valence-corrected chi connectivity index (χ3v) is 5.42. The first-order valence-electron chi connectivity index (χ1n) is 9.14. The van der Waals surface area contributed by atoms with Gasteiger partial charge in [-0.2, -0.15) is 5.10 Å². The molecule has 1 atom stereocenters. The van der Waals surface area contributed by atoms with Gasteiger partial charge < -0.3 is 9.80 Å². The van der Waals surface area contributed by atoms with Crippen molar-refractivity contribution in [3.05, 3.63) is 53.3 Å². The highest BCUT2D eigenvalue weighted by molar-refractivity contribution is 5.87. The van der Waals surface area contributed by atoms with Gasteiger partial charge in [0.25, 0.3) is 0 Å². The molecule has 26 heavy (non-hydrogen) atoms. The van der Waals surface area contributed by atoms with Crippen molar-refractivity contribution in [3.63, 3.8) is 0 Å². The molecule has 2 aliphatic heterocycles. The fraction of sp³-hybridized carbons (Fsp3) is 0.450. The Bertz CT molecular complexity index is 824. The highest BCUT2D eigenvalue weighted by atomic mass is 16.2. The van der Waals surface area contributed by atoms with Gasteiger partial charge in [-0.1, -0.05) is 30.3 Å². The van der Waals surface area contributed by atoms with E-state index in [0.717, 1.165) is 11.4 Å². The summed E-state index contributed by atoms with van der Waals surface area (Å²) in [5, 5.41) is 4.50. The first kappa shape index (κ1) is 16.8. The molecule has 1 unspecified atom stereocenters. The molecule has 1 aromatic heterocycles. The lowest BCUT2D eigenvalue weighted by molar-refractivity contribution is -0.142. The van der Waals surface area contributed by atoms with Crippen LogP contribution in [-0.4, -0.2) is 57.6 Å². The third kappa shape index (κ3) is 3.11. The van der Waals surface area contributed by atoms with E-state index in [9.17, 15) is 9.59 Å². The number of nitrogens with zero attached hydrogens (tertiary/aromatic N) is 4. The molecule has 0 N–H and O–H groups in total. The minimum absolute atomic E-state index is 0.0323. The van der Waals surface area contributed by atoms with Crippen molar-refractivity contribution in [1.82, 2.24) is 19.6 Å². The van der Waals surface area contributed by atoms with Crippen LogP contribution in [0, 0.1) is 13.8 Å². The maximum Gasteiger partial charge on any atom is 0.242 e. The molecule has 3 heterocycles. The van der Waals surface area contributed by atoms with Gasteiger partial charge in [0.15, 0.2) is 0 Å². The van der Waals surface area contributed by atoms with Gasteiger partial charge in [-0.25, -0.2) is 0 Å². The fourth-order valence-electron chi connectivity index (χ4n) is 3.97. The maximum atomic E-state index is 12.5. The summed E-state index contributed by atoms with van der Waals surface area (Å²) >= 11 is 0. The Morgan fingerprint density at radius 1 is 1.15 bits per heavy atom. The summed E-state index contributed by atoms with van der Waals surface area (Å²) in [5.41, 5.74) is 3.30. The van der Waals surface area contributed by atoms with Crippen LogP contribution in [-0.2, 0) is 9.59 Å². The van der Waals surface area contributed by atoms with E-state index in [2.05, 4.69) is 23.3 Å². The van der Waals surface area contributed by atoms with Gasteiger partial charge in [-0.15, -0.1) is 0 Å². The molecule has 2 fully saturated rings. The van der Waals surface area contributed by atoms with Crippen LogP contribution in [0.15, 0.2) is 36.4 Å². The number of aryl methyl sites for hydroxylation is 2. The second-order valence-electron chi connectivity index (χ2n) is 7.41. The van der Waals surface area contributed by atoms with E-state index in [0.29, 0.717) is 26.1 Å². The number of hydrogen-bond donors (Lipinski definition) is 0. The first-order chi connectivity index (χ1) is 12.5. The van der Waals surface area contributed by atoms with Gasteiger partial charge in [-0.05, 0) is 25.5 Å². The molecule has 6 heteroatoms. The van der Waals surface area contributed by atoms with Crippen LogP contribution < -0.4 is 0 Å². The van der Waals surface area contributed by atoms with E-state index in [1.165, 1.54) is 5.56 Å². The largest absolute Gasteiger partial charge is 0.337 e. The van der Waals surface area contributed by atoms with Crippen molar-refractivity contribution in [1.29, 1.82) is 0 Å². The van der Waals surface area contributed by atoms with E-state index in [1.54, 1.807) is 4.90 Å². The first-order valence-corrected chi connectivity index (χ1v) is 9.14. The average Bonchev–Trinajstić information content (AvgIpc) is 3.09. The third-order valence-electron chi connectivity index (χ3n) is 5.42. The van der Waals surface area contributed by atoms with Crippen LogP contribution in [0.25, 0.3) is 0 Å². The second-order valence-corrected chi connectivity index (χ2v) is 7.41. The molecule has 0 radical (unpaired) electrons. The Balaban J connectivity index is 1.32. The Morgan fingerprint density at radius 2 is 1.88 bits per heavy atom. The summed E-state index contributed by atoms with van der Waals surface area (Å²) in [6.45, 7) is 6.18. The molecule has 4 rings (SSSR count). The monoisotopic (exact) mass is 352 g/mol. The summed E-state index contributed by atoms with van der Waals surface area (Å²) < 4.78 is 2.01. The predicted octanol–water partition coefficient (Wildman–Crippen LogP) is 1.90. The zero-order valence-electron chi connectivity index (χ0n) is 15.3. The molecule has 2 aliphatic rings. The zero-order chi connectivity index (χ0) is 18.3. The highest BCUT2D eigenvalue weighted by Crippen LogP contribution is 2.29. The van der Waals surface area contributed by atoms with Crippen LogP contribution in [0.5, 0.6) is 0 Å². The fourth-order valence-corrected chi connectivity index (χ4v) is 3.97. The number of carbonyl (C=O) groups is 2. The van der Waals surface area contributed by atoms with Gasteiger partial charge in [0.2, 0.25) is 11.8 Å². The van der Waals surface area contributed by atoms with Crippen LogP contribution in [0.2, 0.25) is 0 Å². The van der Waals surface area contributed by atoms with Crippen LogP contribution in [0.4, 0.5) is 0 Å².